The lowest BCUT2D eigenvalue weighted by molar-refractivity contribution is -0.137. The van der Waals surface area contributed by atoms with E-state index in [2.05, 4.69) is 20.7 Å². The van der Waals surface area contributed by atoms with Crippen molar-refractivity contribution in [1.29, 1.82) is 0 Å². The number of aryl methyl sites for hydroxylation is 1. The smallest absolute Gasteiger partial charge is 0.332 e. The number of urea groups is 1. The molecule has 0 radical (unpaired) electrons. The third-order valence-electron chi connectivity index (χ3n) is 3.81. The summed E-state index contributed by atoms with van der Waals surface area (Å²) < 4.78 is 39.3. The zero-order chi connectivity index (χ0) is 19.4. The molecular weight excluding hydrogens is 359 g/mol. The average Bonchev–Trinajstić information content (AvgIpc) is 3.01. The fraction of sp³-hybridized carbons (Fsp3) is 0.167. The maximum absolute atomic E-state index is 12.5. The topological polar surface area (TPSA) is 71.8 Å². The SMILES string of the molecule is Cn1nc(CNC(=O)Nc2ccc(C(F)(F)F)cc2)cc1-c1ccncc1. The van der Waals surface area contributed by atoms with Crippen molar-refractivity contribution in [3.63, 3.8) is 0 Å². The van der Waals surface area contributed by atoms with Crippen molar-refractivity contribution in [2.75, 3.05) is 5.32 Å². The third-order valence-corrected chi connectivity index (χ3v) is 3.81. The Morgan fingerprint density at radius 1 is 1.11 bits per heavy atom. The van der Waals surface area contributed by atoms with Crippen LogP contribution < -0.4 is 10.6 Å². The second kappa shape index (κ2) is 7.48. The Bertz CT molecular complexity index is 920. The van der Waals surface area contributed by atoms with Crippen molar-refractivity contribution < 1.29 is 18.0 Å². The second-order valence-electron chi connectivity index (χ2n) is 5.76. The van der Waals surface area contributed by atoms with Gasteiger partial charge < -0.3 is 10.6 Å². The van der Waals surface area contributed by atoms with Gasteiger partial charge in [0.25, 0.3) is 0 Å². The molecule has 0 saturated carbocycles. The van der Waals surface area contributed by atoms with Crippen LogP contribution in [0, 0.1) is 0 Å². The number of rotatable bonds is 4. The van der Waals surface area contributed by atoms with Crippen LogP contribution in [0.5, 0.6) is 0 Å². The van der Waals surface area contributed by atoms with E-state index in [1.165, 1.54) is 12.1 Å². The highest BCUT2D eigenvalue weighted by molar-refractivity contribution is 5.89. The molecule has 3 rings (SSSR count). The largest absolute Gasteiger partial charge is 0.416 e. The molecule has 0 aliphatic carbocycles. The third kappa shape index (κ3) is 4.63. The lowest BCUT2D eigenvalue weighted by Gasteiger charge is -2.09. The lowest BCUT2D eigenvalue weighted by Crippen LogP contribution is -2.28. The van der Waals surface area contributed by atoms with Crippen LogP contribution in [0.15, 0.2) is 54.9 Å². The molecule has 3 aromatic rings. The Balaban J connectivity index is 1.58. The highest BCUT2D eigenvalue weighted by Gasteiger charge is 2.29. The Morgan fingerprint density at radius 3 is 2.41 bits per heavy atom. The summed E-state index contributed by atoms with van der Waals surface area (Å²) in [5.74, 6) is 0. The Morgan fingerprint density at radius 2 is 1.78 bits per heavy atom. The molecule has 0 fully saturated rings. The molecule has 9 heteroatoms. The van der Waals surface area contributed by atoms with Crippen LogP contribution in [0.25, 0.3) is 11.3 Å². The lowest BCUT2D eigenvalue weighted by atomic mass is 10.2. The van der Waals surface area contributed by atoms with Crippen LogP contribution in [0.2, 0.25) is 0 Å². The molecule has 27 heavy (non-hydrogen) atoms. The fourth-order valence-electron chi connectivity index (χ4n) is 2.49. The predicted molar refractivity (Wildman–Crippen MR) is 93.7 cm³/mol. The van der Waals surface area contributed by atoms with Gasteiger partial charge in [0.05, 0.1) is 23.5 Å². The number of aromatic nitrogens is 3. The van der Waals surface area contributed by atoms with E-state index < -0.39 is 17.8 Å². The second-order valence-corrected chi connectivity index (χ2v) is 5.76. The van der Waals surface area contributed by atoms with Gasteiger partial charge in [-0.15, -0.1) is 0 Å². The average molecular weight is 375 g/mol. The number of halogens is 3. The van der Waals surface area contributed by atoms with Gasteiger partial charge in [-0.25, -0.2) is 4.79 Å². The molecule has 140 valence electrons. The van der Waals surface area contributed by atoms with Crippen LogP contribution in [0.3, 0.4) is 0 Å². The van der Waals surface area contributed by atoms with Crippen molar-refractivity contribution in [3.05, 3.63) is 66.1 Å². The maximum Gasteiger partial charge on any atom is 0.416 e. The molecular formula is C18H16F3N5O. The molecule has 2 amide bonds. The Hall–Kier alpha value is -3.36. The molecule has 6 nitrogen and oxygen atoms in total. The predicted octanol–water partition coefficient (Wildman–Crippen LogP) is 3.82. The molecule has 0 unspecified atom stereocenters. The van der Waals surface area contributed by atoms with Gasteiger partial charge in [-0.05, 0) is 42.5 Å². The first-order valence-corrected chi connectivity index (χ1v) is 7.98. The summed E-state index contributed by atoms with van der Waals surface area (Å²) in [6.45, 7) is 0.172. The summed E-state index contributed by atoms with van der Waals surface area (Å²) in [4.78, 5) is 15.9. The van der Waals surface area contributed by atoms with E-state index in [-0.39, 0.29) is 12.2 Å². The standard InChI is InChI=1S/C18H16F3N5O/c1-26-16(12-6-8-22-9-7-12)10-15(25-26)11-23-17(27)24-14-4-2-13(3-5-14)18(19,20)21/h2-10H,11H2,1H3,(H2,23,24,27). The maximum atomic E-state index is 12.5. The quantitative estimate of drug-likeness (QED) is 0.728. The van der Waals surface area contributed by atoms with E-state index in [4.69, 9.17) is 0 Å². The normalized spacial score (nSPS) is 11.3. The number of benzene rings is 1. The number of hydrogen-bond acceptors (Lipinski definition) is 3. The first kappa shape index (κ1) is 18.4. The van der Waals surface area contributed by atoms with Gasteiger partial charge in [0.15, 0.2) is 0 Å². The van der Waals surface area contributed by atoms with Crippen LogP contribution in [-0.4, -0.2) is 20.8 Å². The number of nitrogens with zero attached hydrogens (tertiary/aromatic N) is 3. The zero-order valence-electron chi connectivity index (χ0n) is 14.3. The van der Waals surface area contributed by atoms with E-state index in [1.54, 1.807) is 24.1 Å². The number of carbonyl (C=O) groups excluding carboxylic acids is 1. The van der Waals surface area contributed by atoms with Crippen LogP contribution in [0.1, 0.15) is 11.3 Å². The minimum absolute atomic E-state index is 0.172. The van der Waals surface area contributed by atoms with Crippen molar-refractivity contribution in [2.24, 2.45) is 7.05 Å². The van der Waals surface area contributed by atoms with E-state index in [0.29, 0.717) is 5.69 Å². The zero-order valence-corrected chi connectivity index (χ0v) is 14.3. The summed E-state index contributed by atoms with van der Waals surface area (Å²) in [6, 6.07) is 9.23. The van der Waals surface area contributed by atoms with Gasteiger partial charge in [-0.2, -0.15) is 18.3 Å². The van der Waals surface area contributed by atoms with E-state index in [0.717, 1.165) is 23.4 Å². The first-order chi connectivity index (χ1) is 12.8. The van der Waals surface area contributed by atoms with Gasteiger partial charge in [-0.3, -0.25) is 9.67 Å². The summed E-state index contributed by atoms with van der Waals surface area (Å²) >= 11 is 0. The van der Waals surface area contributed by atoms with Gasteiger partial charge >= 0.3 is 12.2 Å². The van der Waals surface area contributed by atoms with Gasteiger partial charge in [0, 0.05) is 30.7 Å². The number of nitrogens with one attached hydrogen (secondary N) is 2. The molecule has 2 N–H and O–H groups in total. The van der Waals surface area contributed by atoms with Crippen molar-refractivity contribution in [2.45, 2.75) is 12.7 Å². The molecule has 0 bridgehead atoms. The van der Waals surface area contributed by atoms with Crippen molar-refractivity contribution in [3.8, 4) is 11.3 Å². The van der Waals surface area contributed by atoms with E-state index in [9.17, 15) is 18.0 Å². The molecule has 2 aromatic heterocycles. The molecule has 0 spiro atoms. The Labute approximate surface area is 153 Å². The van der Waals surface area contributed by atoms with Gasteiger partial charge in [0.1, 0.15) is 0 Å². The first-order valence-electron chi connectivity index (χ1n) is 7.98. The van der Waals surface area contributed by atoms with Crippen LogP contribution in [0.4, 0.5) is 23.7 Å². The van der Waals surface area contributed by atoms with Crippen molar-refractivity contribution in [1.82, 2.24) is 20.1 Å². The fourth-order valence-corrected chi connectivity index (χ4v) is 2.49. The summed E-state index contributed by atoms with van der Waals surface area (Å²) in [5.41, 5.74) is 1.95. The minimum atomic E-state index is -4.41. The highest BCUT2D eigenvalue weighted by atomic mass is 19.4. The molecule has 0 atom stereocenters. The minimum Gasteiger partial charge on any atom is -0.332 e. The van der Waals surface area contributed by atoms with Crippen molar-refractivity contribution >= 4 is 11.7 Å². The van der Waals surface area contributed by atoms with E-state index in [1.807, 2.05) is 18.2 Å². The molecule has 0 aliphatic heterocycles. The molecule has 2 heterocycles. The van der Waals surface area contributed by atoms with Gasteiger partial charge in [0.2, 0.25) is 0 Å². The number of alkyl halides is 3. The summed E-state index contributed by atoms with van der Waals surface area (Å²) in [5, 5.41) is 9.44. The summed E-state index contributed by atoms with van der Waals surface area (Å²) in [7, 11) is 1.79. The van der Waals surface area contributed by atoms with Gasteiger partial charge in [-0.1, -0.05) is 0 Å². The highest BCUT2D eigenvalue weighted by Crippen LogP contribution is 2.29. The number of anilines is 1. The Kier molecular flexibility index (Phi) is 5.11. The molecule has 0 saturated heterocycles. The molecule has 1 aromatic carbocycles. The number of hydrogen-bond donors (Lipinski definition) is 2. The number of carbonyl (C=O) groups is 1. The summed E-state index contributed by atoms with van der Waals surface area (Å²) in [6.07, 6.45) is -1.05. The van der Waals surface area contributed by atoms with Crippen LogP contribution in [-0.2, 0) is 19.8 Å². The number of amides is 2. The number of pyridine rings is 1. The van der Waals surface area contributed by atoms with E-state index >= 15 is 0 Å². The van der Waals surface area contributed by atoms with Crippen LogP contribution >= 0.6 is 0 Å². The monoisotopic (exact) mass is 375 g/mol. The molecule has 0 aliphatic rings.